The summed E-state index contributed by atoms with van der Waals surface area (Å²) in [7, 11) is -4.68. The first-order valence-corrected chi connectivity index (χ1v) is 16.3. The molecule has 0 amide bonds. The summed E-state index contributed by atoms with van der Waals surface area (Å²) in [6.07, 6.45) is 0. The minimum atomic E-state index is -4.68. The average Bonchev–Trinajstić information content (AvgIpc) is 3.49. The maximum atomic E-state index is 11.6. The van der Waals surface area contributed by atoms with Gasteiger partial charge in [-0.1, -0.05) is 59.9 Å². The van der Waals surface area contributed by atoms with Gasteiger partial charge in [0.2, 0.25) is 0 Å². The Morgan fingerprint density at radius 3 is 2.10 bits per heavy atom. The molecule has 16 heteroatoms. The van der Waals surface area contributed by atoms with E-state index in [1.54, 1.807) is 19.1 Å². The van der Waals surface area contributed by atoms with E-state index in [0.717, 1.165) is 28.8 Å². The van der Waals surface area contributed by atoms with Crippen molar-refractivity contribution < 1.29 is 50.7 Å². The normalized spacial score (nSPS) is 11.0. The zero-order chi connectivity index (χ0) is 33.7. The molecule has 12 nitrogen and oxygen atoms in total. The SMILES string of the molecule is Cc1c(C#N)c(Nc2ccccc2)nc(Nc2ccccc2)c1N=Nc1sc(N=Nc2ccc3c(S(=O)(=O)[O-])c[c-]cc3c2)cc1C#N.[Li+].[Li+]. The molecule has 0 aliphatic rings. The van der Waals surface area contributed by atoms with Gasteiger partial charge >= 0.3 is 37.7 Å². The van der Waals surface area contributed by atoms with Crippen LogP contribution in [-0.2, 0) is 10.1 Å². The predicted octanol–water partition coefficient (Wildman–Crippen LogP) is 3.38. The Labute approximate surface area is 315 Å². The van der Waals surface area contributed by atoms with Gasteiger partial charge in [-0.3, -0.25) is 8.42 Å². The molecular formula is C34H21Li2N9O3S2. The monoisotopic (exact) mass is 681 g/mol. The van der Waals surface area contributed by atoms with Crippen molar-refractivity contribution in [1.29, 1.82) is 10.5 Å². The molecule has 50 heavy (non-hydrogen) atoms. The van der Waals surface area contributed by atoms with Gasteiger partial charge in [0.15, 0.2) is 16.6 Å². The molecule has 0 aliphatic heterocycles. The number of anilines is 4. The first-order valence-electron chi connectivity index (χ1n) is 14.1. The zero-order valence-corrected chi connectivity index (χ0v) is 28.5. The van der Waals surface area contributed by atoms with Crippen LogP contribution in [0, 0.1) is 35.7 Å². The molecule has 0 bridgehead atoms. The summed E-state index contributed by atoms with van der Waals surface area (Å²) >= 11 is 1.07. The summed E-state index contributed by atoms with van der Waals surface area (Å²) in [5.41, 5.74) is 3.19. The summed E-state index contributed by atoms with van der Waals surface area (Å²) in [5, 5.41) is 45.0. The number of azo groups is 2. The van der Waals surface area contributed by atoms with Gasteiger partial charge in [-0.25, -0.2) is 4.98 Å². The fraction of sp³-hybridized carbons (Fsp3) is 0.0294. The van der Waals surface area contributed by atoms with E-state index in [4.69, 9.17) is 4.98 Å². The van der Waals surface area contributed by atoms with E-state index < -0.39 is 10.1 Å². The van der Waals surface area contributed by atoms with Gasteiger partial charge in [-0.2, -0.15) is 33.8 Å². The summed E-state index contributed by atoms with van der Waals surface area (Å²) in [5.74, 6) is 0.684. The third-order valence-corrected chi connectivity index (χ3v) is 8.73. The molecule has 0 unspecified atom stereocenters. The Balaban J connectivity index is 0.00000281. The second-order valence-corrected chi connectivity index (χ2v) is 12.5. The molecule has 0 atom stereocenters. The topological polar surface area (TPSA) is 191 Å². The van der Waals surface area contributed by atoms with Gasteiger partial charge in [0.25, 0.3) is 0 Å². The molecule has 0 aliphatic carbocycles. The quantitative estimate of drug-likeness (QED) is 0.100. The Morgan fingerprint density at radius 2 is 1.48 bits per heavy atom. The molecule has 0 saturated heterocycles. The summed E-state index contributed by atoms with van der Waals surface area (Å²) in [4.78, 5) is 4.34. The third-order valence-electron chi connectivity index (χ3n) is 6.95. The largest absolute Gasteiger partial charge is 1.00 e. The van der Waals surface area contributed by atoms with Crippen LogP contribution in [0.2, 0.25) is 0 Å². The second kappa shape index (κ2) is 16.5. The number of thiophene rings is 1. The van der Waals surface area contributed by atoms with Gasteiger partial charge < -0.3 is 15.2 Å². The molecule has 0 radical (unpaired) electrons. The van der Waals surface area contributed by atoms with Crippen LogP contribution in [0.1, 0.15) is 16.7 Å². The molecular weight excluding hydrogens is 660 g/mol. The van der Waals surface area contributed by atoms with Crippen LogP contribution in [0.15, 0.2) is 122 Å². The van der Waals surface area contributed by atoms with Crippen molar-refractivity contribution >= 4 is 76.6 Å². The minimum Gasteiger partial charge on any atom is -0.754 e. The van der Waals surface area contributed by atoms with Crippen LogP contribution in [0.25, 0.3) is 10.8 Å². The van der Waals surface area contributed by atoms with Crippen LogP contribution in [-0.4, -0.2) is 18.0 Å². The molecule has 2 heterocycles. The molecule has 234 valence electrons. The molecule has 2 N–H and O–H groups in total. The number of hydrogen-bond acceptors (Lipinski definition) is 13. The molecule has 2 aromatic heterocycles. The second-order valence-electron chi connectivity index (χ2n) is 10.1. The summed E-state index contributed by atoms with van der Waals surface area (Å²) < 4.78 is 34.8. The molecule has 6 rings (SSSR count). The Bertz CT molecular complexity index is 2430. The van der Waals surface area contributed by atoms with Crippen molar-refractivity contribution in [3.8, 4) is 12.1 Å². The van der Waals surface area contributed by atoms with Crippen LogP contribution >= 0.6 is 11.3 Å². The van der Waals surface area contributed by atoms with E-state index in [9.17, 15) is 23.5 Å². The number of nitrogens with one attached hydrogen (secondary N) is 2. The predicted molar refractivity (Wildman–Crippen MR) is 181 cm³/mol. The van der Waals surface area contributed by atoms with E-state index in [1.165, 1.54) is 18.2 Å². The molecule has 4 aromatic carbocycles. The number of pyridine rings is 1. The van der Waals surface area contributed by atoms with Crippen LogP contribution in [0.5, 0.6) is 0 Å². The van der Waals surface area contributed by atoms with Gasteiger partial charge in [0.1, 0.15) is 22.8 Å². The maximum absolute atomic E-state index is 11.6. The van der Waals surface area contributed by atoms with E-state index in [2.05, 4.69) is 49.3 Å². The van der Waals surface area contributed by atoms with Crippen molar-refractivity contribution in [1.82, 2.24) is 4.98 Å². The van der Waals surface area contributed by atoms with E-state index in [1.807, 2.05) is 60.7 Å². The van der Waals surface area contributed by atoms with Gasteiger partial charge in [0.05, 0.1) is 26.9 Å². The van der Waals surface area contributed by atoms with E-state index >= 15 is 0 Å². The summed E-state index contributed by atoms with van der Waals surface area (Å²) in [6.45, 7) is 1.75. The van der Waals surface area contributed by atoms with Gasteiger partial charge in [0, 0.05) is 16.9 Å². The number of hydrogen-bond donors (Lipinski definition) is 2. The Hall–Kier alpha value is -5.13. The van der Waals surface area contributed by atoms with E-state index in [0.29, 0.717) is 39.0 Å². The molecule has 0 fully saturated rings. The number of nitrogens with zero attached hydrogens (tertiary/aromatic N) is 7. The number of nitriles is 2. The number of para-hydroxylation sites is 2. The number of aromatic nitrogens is 1. The van der Waals surface area contributed by atoms with Crippen molar-refractivity contribution in [3.05, 3.63) is 120 Å². The Kier molecular flexibility index (Phi) is 12.5. The third kappa shape index (κ3) is 8.53. The van der Waals surface area contributed by atoms with Gasteiger partial charge in [-0.15, -0.1) is 26.1 Å². The standard InChI is InChI=1S/C34H22N9O3S2.2Li/c1-21-28(20-36)32(37-24-10-4-2-5-11-24)39-33(38-25-12-6-3-7-13-25)31(21)42-43-34-23(19-35)18-30(47-34)41-40-26-15-16-27-22(17-26)9-8-14-29(27)48(44,45)46;;/h2-7,9-18H,1H3,(H2,37,38,39)(H,44,45,46);;/q-1;2*+1/p-1. The molecule has 6 aromatic rings. The maximum Gasteiger partial charge on any atom is 1.00 e. The fourth-order valence-electron chi connectivity index (χ4n) is 4.67. The average molecular weight is 682 g/mol. The van der Waals surface area contributed by atoms with Crippen molar-refractivity contribution in [3.63, 3.8) is 0 Å². The molecule has 0 spiro atoms. The number of fused-ring (bicyclic) bond motifs is 1. The van der Waals surface area contributed by atoms with Crippen LogP contribution < -0.4 is 48.4 Å². The molecule has 0 saturated carbocycles. The number of benzene rings is 4. The van der Waals surface area contributed by atoms with Crippen molar-refractivity contribution in [2.75, 3.05) is 10.6 Å². The van der Waals surface area contributed by atoms with Crippen LogP contribution in [0.4, 0.5) is 44.4 Å². The number of rotatable bonds is 9. The fourth-order valence-corrected chi connectivity index (χ4v) is 6.09. The smallest absolute Gasteiger partial charge is 0.754 e. The summed E-state index contributed by atoms with van der Waals surface area (Å²) in [6, 6.07) is 34.4. The van der Waals surface area contributed by atoms with Gasteiger partial charge in [-0.05, 0) is 48.2 Å². The Morgan fingerprint density at radius 1 is 0.820 bits per heavy atom. The van der Waals surface area contributed by atoms with E-state index in [-0.39, 0.29) is 64.1 Å². The van der Waals surface area contributed by atoms with Crippen LogP contribution in [0.3, 0.4) is 0 Å². The van der Waals surface area contributed by atoms with Crippen molar-refractivity contribution in [2.24, 2.45) is 20.5 Å². The zero-order valence-electron chi connectivity index (χ0n) is 26.9. The first-order chi connectivity index (χ1) is 23.2. The first kappa shape index (κ1) is 37.7. The minimum absolute atomic E-state index is 0. The van der Waals surface area contributed by atoms with Crippen molar-refractivity contribution in [2.45, 2.75) is 11.8 Å².